The largest absolute Gasteiger partial charge is 0.471 e. The number of carbonyl (C=O) groups excluding carboxylic acids is 2. The summed E-state index contributed by atoms with van der Waals surface area (Å²) in [5.74, 6) is -0.329. The first-order valence-electron chi connectivity index (χ1n) is 15.3. The van der Waals surface area contributed by atoms with Crippen LogP contribution in [0.2, 0.25) is 0 Å². The van der Waals surface area contributed by atoms with Gasteiger partial charge in [0.05, 0.1) is 13.2 Å². The van der Waals surface area contributed by atoms with Crippen LogP contribution in [0.25, 0.3) is 0 Å². The molecule has 0 aliphatic rings. The predicted octanol–water partition coefficient (Wildman–Crippen LogP) is 8.23. The maximum atomic E-state index is 11.9. The van der Waals surface area contributed by atoms with Crippen LogP contribution < -0.4 is 5.32 Å². The van der Waals surface area contributed by atoms with Crippen LogP contribution in [-0.4, -0.2) is 43.6 Å². The molecule has 0 saturated heterocycles. The van der Waals surface area contributed by atoms with Crippen LogP contribution in [0.5, 0.6) is 0 Å². The van der Waals surface area contributed by atoms with E-state index < -0.39 is 7.82 Å². The van der Waals surface area contributed by atoms with Crippen LogP contribution in [0.1, 0.15) is 96.8 Å². The molecule has 0 aromatic rings. The number of esters is 1. The van der Waals surface area contributed by atoms with Gasteiger partial charge < -0.3 is 14.9 Å². The summed E-state index contributed by atoms with van der Waals surface area (Å²) in [5.41, 5.74) is 0. The number of unbranched alkanes of at least 4 members (excludes halogenated alkanes) is 4. The molecule has 238 valence electrons. The van der Waals surface area contributed by atoms with Gasteiger partial charge in [0.15, 0.2) is 0 Å². The number of hydrogen-bond donors (Lipinski definition) is 2. The van der Waals surface area contributed by atoms with E-state index in [0.29, 0.717) is 38.6 Å². The number of phosphoric ester groups is 1. The zero-order valence-electron chi connectivity index (χ0n) is 25.8. The zero-order valence-corrected chi connectivity index (χ0v) is 26.7. The van der Waals surface area contributed by atoms with E-state index in [0.717, 1.165) is 64.9 Å². The minimum absolute atomic E-state index is 0.0578. The van der Waals surface area contributed by atoms with Crippen molar-refractivity contribution in [2.24, 2.45) is 0 Å². The molecule has 1 atom stereocenters. The SMILES string of the molecule is CC/C=C/C/C=C/C/C=C/C/C=C/C/C=C/C/C=C/CCC(=O)NCCOC(=O)CCCCCCCOP(=O)(O)OC. The monoisotopic (exact) mass is 607 g/mol. The van der Waals surface area contributed by atoms with E-state index in [2.05, 4.69) is 83.6 Å². The molecule has 0 rings (SSSR count). The van der Waals surface area contributed by atoms with E-state index in [1.165, 1.54) is 0 Å². The zero-order chi connectivity index (χ0) is 31.0. The summed E-state index contributed by atoms with van der Waals surface area (Å²) in [5, 5.41) is 2.77. The van der Waals surface area contributed by atoms with Gasteiger partial charge in [-0.25, -0.2) is 4.57 Å². The van der Waals surface area contributed by atoms with Gasteiger partial charge in [-0.3, -0.25) is 18.6 Å². The molecule has 9 heteroatoms. The lowest BCUT2D eigenvalue weighted by molar-refractivity contribution is -0.144. The van der Waals surface area contributed by atoms with Crippen molar-refractivity contribution in [1.82, 2.24) is 5.32 Å². The first-order valence-corrected chi connectivity index (χ1v) is 16.8. The normalized spacial score (nSPS) is 13.9. The Morgan fingerprint density at radius 2 is 1.19 bits per heavy atom. The van der Waals surface area contributed by atoms with Gasteiger partial charge in [0.1, 0.15) is 6.61 Å². The van der Waals surface area contributed by atoms with Gasteiger partial charge >= 0.3 is 13.8 Å². The van der Waals surface area contributed by atoms with Gasteiger partial charge in [-0.15, -0.1) is 0 Å². The van der Waals surface area contributed by atoms with Gasteiger partial charge in [-0.05, 0) is 57.8 Å². The Kier molecular flexibility index (Phi) is 28.2. The maximum absolute atomic E-state index is 11.9. The summed E-state index contributed by atoms with van der Waals surface area (Å²) < 4.78 is 25.4. The Morgan fingerprint density at radius 3 is 1.74 bits per heavy atom. The first-order chi connectivity index (χ1) is 20.4. The van der Waals surface area contributed by atoms with Crippen molar-refractivity contribution in [1.29, 1.82) is 0 Å². The second-order valence-corrected chi connectivity index (χ2v) is 11.1. The van der Waals surface area contributed by atoms with Crippen LogP contribution in [-0.2, 0) is 27.9 Å². The van der Waals surface area contributed by atoms with E-state index in [-0.39, 0.29) is 25.1 Å². The molecule has 0 aliphatic heterocycles. The summed E-state index contributed by atoms with van der Waals surface area (Å²) >= 11 is 0. The second-order valence-electron chi connectivity index (χ2n) is 9.53. The average molecular weight is 608 g/mol. The summed E-state index contributed by atoms with van der Waals surface area (Å²) in [6.45, 7) is 2.79. The van der Waals surface area contributed by atoms with E-state index >= 15 is 0 Å². The molecule has 42 heavy (non-hydrogen) atoms. The number of carbonyl (C=O) groups is 2. The number of hydrogen-bond acceptors (Lipinski definition) is 6. The topological polar surface area (TPSA) is 111 Å². The molecule has 0 aromatic heterocycles. The minimum Gasteiger partial charge on any atom is -0.464 e. The van der Waals surface area contributed by atoms with E-state index in [1.54, 1.807) is 0 Å². The van der Waals surface area contributed by atoms with Gasteiger partial charge in [0.25, 0.3) is 0 Å². The lowest BCUT2D eigenvalue weighted by Crippen LogP contribution is -2.27. The third-order valence-corrected chi connectivity index (χ3v) is 6.80. The van der Waals surface area contributed by atoms with Crippen LogP contribution in [0.15, 0.2) is 72.9 Å². The highest BCUT2D eigenvalue weighted by Crippen LogP contribution is 2.41. The van der Waals surface area contributed by atoms with Crippen molar-refractivity contribution in [2.45, 2.75) is 96.8 Å². The van der Waals surface area contributed by atoms with Gasteiger partial charge in [-0.1, -0.05) is 99.1 Å². The molecule has 0 radical (unpaired) electrons. The highest BCUT2D eigenvalue weighted by Gasteiger charge is 2.17. The van der Waals surface area contributed by atoms with Crippen molar-refractivity contribution in [3.8, 4) is 0 Å². The molecule has 0 heterocycles. The Labute approximate surface area is 254 Å². The molecule has 0 fully saturated rings. The van der Waals surface area contributed by atoms with Gasteiger partial charge in [0.2, 0.25) is 5.91 Å². The van der Waals surface area contributed by atoms with Crippen LogP contribution in [0.3, 0.4) is 0 Å². The van der Waals surface area contributed by atoms with Crippen molar-refractivity contribution < 1.29 is 32.8 Å². The Balaban J connectivity index is 3.58. The summed E-state index contributed by atoms with van der Waals surface area (Å²) in [7, 11) is -2.76. The number of nitrogens with one attached hydrogen (secondary N) is 1. The number of allylic oxidation sites excluding steroid dienone is 12. The molecule has 0 bridgehead atoms. The van der Waals surface area contributed by atoms with E-state index in [4.69, 9.17) is 14.2 Å². The molecular weight excluding hydrogens is 553 g/mol. The van der Waals surface area contributed by atoms with Crippen LogP contribution in [0, 0.1) is 0 Å². The standard InChI is InChI=1S/C33H54NO7P/c1-3-4-5-6-7-8-9-10-11-12-13-14-15-16-17-18-19-21-24-27-32(35)34-29-31-40-33(36)28-25-22-20-23-26-30-41-42(37,38)39-2/h4-5,7-8,10-11,13-14,16-17,19,21H,3,6,9,12,15,18,20,22-31H2,1-2H3,(H,34,35)(H,37,38)/b5-4+,8-7+,11-10+,14-13+,17-16+,21-19+. The Hall–Kier alpha value is -2.51. The summed E-state index contributed by atoms with van der Waals surface area (Å²) in [6.07, 6.45) is 37.0. The number of phosphoric acid groups is 1. The molecule has 0 spiro atoms. The third kappa shape index (κ3) is 30.4. The van der Waals surface area contributed by atoms with Crippen molar-refractivity contribution in [2.75, 3.05) is 26.9 Å². The molecule has 8 nitrogen and oxygen atoms in total. The Bertz CT molecular complexity index is 906. The quantitative estimate of drug-likeness (QED) is 0.0419. The third-order valence-electron chi connectivity index (χ3n) is 5.83. The fraction of sp³-hybridized carbons (Fsp3) is 0.576. The number of rotatable bonds is 27. The fourth-order valence-corrected chi connectivity index (χ4v) is 3.97. The highest BCUT2D eigenvalue weighted by atomic mass is 31.2. The van der Waals surface area contributed by atoms with Crippen LogP contribution in [0.4, 0.5) is 0 Å². The molecule has 1 amide bonds. The lowest BCUT2D eigenvalue weighted by Gasteiger charge is -2.08. The predicted molar refractivity (Wildman–Crippen MR) is 172 cm³/mol. The smallest absolute Gasteiger partial charge is 0.464 e. The molecule has 2 N–H and O–H groups in total. The van der Waals surface area contributed by atoms with Crippen molar-refractivity contribution in [3.63, 3.8) is 0 Å². The van der Waals surface area contributed by atoms with Crippen molar-refractivity contribution >= 4 is 19.7 Å². The van der Waals surface area contributed by atoms with E-state index in [9.17, 15) is 14.2 Å². The lowest BCUT2D eigenvalue weighted by atomic mass is 10.1. The van der Waals surface area contributed by atoms with Gasteiger partial charge in [-0.2, -0.15) is 0 Å². The summed E-state index contributed by atoms with van der Waals surface area (Å²) in [4.78, 5) is 32.8. The average Bonchev–Trinajstić information content (AvgIpc) is 2.97. The van der Waals surface area contributed by atoms with Crippen molar-refractivity contribution in [3.05, 3.63) is 72.9 Å². The molecular formula is C33H54NO7P. The van der Waals surface area contributed by atoms with E-state index in [1.807, 2.05) is 6.08 Å². The first kappa shape index (κ1) is 39.5. The molecule has 1 unspecified atom stereocenters. The summed E-state index contributed by atoms with van der Waals surface area (Å²) in [6, 6.07) is 0. The molecule has 0 saturated carbocycles. The second kappa shape index (κ2) is 30.0. The Morgan fingerprint density at radius 1 is 0.690 bits per heavy atom. The van der Waals surface area contributed by atoms with Gasteiger partial charge in [0, 0.05) is 20.0 Å². The molecule has 0 aromatic carbocycles. The highest BCUT2D eigenvalue weighted by molar-refractivity contribution is 7.47. The number of ether oxygens (including phenoxy) is 1. The fourth-order valence-electron chi connectivity index (χ4n) is 3.50. The number of amides is 1. The maximum Gasteiger partial charge on any atom is 0.471 e. The molecule has 0 aliphatic carbocycles. The minimum atomic E-state index is -3.89. The van der Waals surface area contributed by atoms with Crippen LogP contribution >= 0.6 is 7.82 Å².